The van der Waals surface area contributed by atoms with Crippen molar-refractivity contribution >= 4 is 0 Å². The molecule has 1 atom stereocenters. The Morgan fingerprint density at radius 3 is 2.75 bits per heavy atom. The van der Waals surface area contributed by atoms with Crippen LogP contribution in [0.2, 0.25) is 0 Å². The second kappa shape index (κ2) is 7.79. The molecule has 124 valence electrons. The highest BCUT2D eigenvalue weighted by atomic mass is 16.3. The number of imidazole rings is 1. The SMILES string of the molecule is C[C@@H](NCCc1nccn1Cc1ccccc1)c1cccc(O)c1. The molecular weight excluding hydrogens is 298 g/mol. The predicted octanol–water partition coefficient (Wildman–Crippen LogP) is 3.53. The molecule has 0 saturated carbocycles. The van der Waals surface area contributed by atoms with Gasteiger partial charge in [-0.15, -0.1) is 0 Å². The molecule has 1 aromatic heterocycles. The molecule has 0 aliphatic heterocycles. The third-order valence-corrected chi connectivity index (χ3v) is 4.17. The van der Waals surface area contributed by atoms with Gasteiger partial charge in [-0.05, 0) is 30.2 Å². The number of aromatic hydroxyl groups is 1. The standard InChI is InChI=1S/C20H23N3O/c1-16(18-8-5-9-19(24)14-18)21-11-10-20-22-12-13-23(20)15-17-6-3-2-4-7-17/h2-9,12-14,16,21,24H,10-11,15H2,1H3/t16-/m1/s1. The zero-order valence-corrected chi connectivity index (χ0v) is 13.9. The molecular formula is C20H23N3O. The van der Waals surface area contributed by atoms with E-state index in [1.807, 2.05) is 30.6 Å². The molecule has 4 nitrogen and oxygen atoms in total. The summed E-state index contributed by atoms with van der Waals surface area (Å²) in [5, 5.41) is 13.1. The number of rotatable bonds is 7. The van der Waals surface area contributed by atoms with Crippen LogP contribution >= 0.6 is 0 Å². The molecule has 2 N–H and O–H groups in total. The lowest BCUT2D eigenvalue weighted by atomic mass is 10.1. The van der Waals surface area contributed by atoms with Crippen LogP contribution in [0.4, 0.5) is 0 Å². The Kier molecular flexibility index (Phi) is 5.29. The lowest BCUT2D eigenvalue weighted by Crippen LogP contribution is -2.22. The Hall–Kier alpha value is -2.59. The van der Waals surface area contributed by atoms with E-state index in [1.54, 1.807) is 12.1 Å². The zero-order chi connectivity index (χ0) is 16.8. The molecule has 0 aliphatic carbocycles. The minimum Gasteiger partial charge on any atom is -0.508 e. The van der Waals surface area contributed by atoms with Gasteiger partial charge in [-0.2, -0.15) is 0 Å². The molecule has 0 amide bonds. The predicted molar refractivity (Wildman–Crippen MR) is 96.0 cm³/mol. The van der Waals surface area contributed by atoms with Crippen LogP contribution in [0, 0.1) is 0 Å². The molecule has 2 aromatic carbocycles. The Labute approximate surface area is 142 Å². The van der Waals surface area contributed by atoms with Crippen LogP contribution in [-0.2, 0) is 13.0 Å². The van der Waals surface area contributed by atoms with Crippen LogP contribution in [0.3, 0.4) is 0 Å². The number of nitrogens with one attached hydrogen (secondary N) is 1. The first-order chi connectivity index (χ1) is 11.7. The van der Waals surface area contributed by atoms with Gasteiger partial charge in [-0.25, -0.2) is 4.98 Å². The Bertz CT molecular complexity index is 767. The largest absolute Gasteiger partial charge is 0.508 e. The fourth-order valence-corrected chi connectivity index (χ4v) is 2.80. The Morgan fingerprint density at radius 2 is 1.96 bits per heavy atom. The van der Waals surface area contributed by atoms with E-state index in [4.69, 9.17) is 0 Å². The fourth-order valence-electron chi connectivity index (χ4n) is 2.80. The minimum absolute atomic E-state index is 0.189. The maximum Gasteiger partial charge on any atom is 0.115 e. The van der Waals surface area contributed by atoms with Crippen LogP contribution in [0.15, 0.2) is 67.0 Å². The van der Waals surface area contributed by atoms with Gasteiger partial charge in [0.2, 0.25) is 0 Å². The van der Waals surface area contributed by atoms with Crippen LogP contribution in [-0.4, -0.2) is 21.2 Å². The molecule has 4 heteroatoms. The average Bonchev–Trinajstić information content (AvgIpc) is 3.03. The van der Waals surface area contributed by atoms with E-state index >= 15 is 0 Å². The van der Waals surface area contributed by atoms with Crippen molar-refractivity contribution in [2.24, 2.45) is 0 Å². The molecule has 24 heavy (non-hydrogen) atoms. The lowest BCUT2D eigenvalue weighted by molar-refractivity contribution is 0.472. The van der Waals surface area contributed by atoms with E-state index < -0.39 is 0 Å². The molecule has 0 bridgehead atoms. The van der Waals surface area contributed by atoms with E-state index in [9.17, 15) is 5.11 Å². The van der Waals surface area contributed by atoms with Gasteiger partial charge < -0.3 is 15.0 Å². The number of aromatic nitrogens is 2. The summed E-state index contributed by atoms with van der Waals surface area (Å²) in [4.78, 5) is 4.48. The smallest absolute Gasteiger partial charge is 0.115 e. The van der Waals surface area contributed by atoms with E-state index in [2.05, 4.69) is 46.1 Å². The first-order valence-electron chi connectivity index (χ1n) is 8.28. The average molecular weight is 321 g/mol. The van der Waals surface area contributed by atoms with Crippen molar-refractivity contribution in [2.75, 3.05) is 6.54 Å². The van der Waals surface area contributed by atoms with E-state index in [0.29, 0.717) is 5.75 Å². The highest BCUT2D eigenvalue weighted by Gasteiger charge is 2.07. The summed E-state index contributed by atoms with van der Waals surface area (Å²) in [7, 11) is 0. The normalized spacial score (nSPS) is 12.2. The van der Waals surface area contributed by atoms with Gasteiger partial charge >= 0.3 is 0 Å². The molecule has 0 unspecified atom stereocenters. The summed E-state index contributed by atoms with van der Waals surface area (Å²) in [5.41, 5.74) is 2.36. The van der Waals surface area contributed by atoms with Crippen molar-refractivity contribution in [3.8, 4) is 5.75 Å². The summed E-state index contributed by atoms with van der Waals surface area (Å²) in [6.07, 6.45) is 4.75. The van der Waals surface area contributed by atoms with E-state index in [1.165, 1.54) is 5.56 Å². The van der Waals surface area contributed by atoms with Crippen molar-refractivity contribution < 1.29 is 5.11 Å². The second-order valence-corrected chi connectivity index (χ2v) is 5.98. The number of benzene rings is 2. The summed E-state index contributed by atoms with van der Waals surface area (Å²) < 4.78 is 2.19. The van der Waals surface area contributed by atoms with Gasteiger partial charge in [0.15, 0.2) is 0 Å². The third-order valence-electron chi connectivity index (χ3n) is 4.17. The number of phenols is 1. The Morgan fingerprint density at radius 1 is 1.12 bits per heavy atom. The van der Waals surface area contributed by atoms with Gasteiger partial charge in [0.05, 0.1) is 0 Å². The molecule has 1 heterocycles. The summed E-state index contributed by atoms with van der Waals surface area (Å²) in [6, 6.07) is 18.0. The van der Waals surface area contributed by atoms with Gasteiger partial charge in [0.1, 0.15) is 11.6 Å². The molecule has 0 radical (unpaired) electrons. The third kappa shape index (κ3) is 4.24. The minimum atomic E-state index is 0.189. The molecule has 0 spiro atoms. The van der Waals surface area contributed by atoms with Gasteiger partial charge in [0, 0.05) is 37.9 Å². The first-order valence-corrected chi connectivity index (χ1v) is 8.28. The quantitative estimate of drug-likeness (QED) is 0.700. The first kappa shape index (κ1) is 16.3. The number of hydrogen-bond acceptors (Lipinski definition) is 3. The fraction of sp³-hybridized carbons (Fsp3) is 0.250. The highest BCUT2D eigenvalue weighted by Crippen LogP contribution is 2.17. The van der Waals surface area contributed by atoms with Crippen LogP contribution in [0.1, 0.15) is 29.9 Å². The zero-order valence-electron chi connectivity index (χ0n) is 13.9. The van der Waals surface area contributed by atoms with Gasteiger partial charge in [-0.1, -0.05) is 42.5 Å². The van der Waals surface area contributed by atoms with Crippen LogP contribution < -0.4 is 5.32 Å². The van der Waals surface area contributed by atoms with E-state index in [-0.39, 0.29) is 6.04 Å². The topological polar surface area (TPSA) is 50.1 Å². The number of phenolic OH excluding ortho intramolecular Hbond substituents is 1. The molecule has 0 aliphatic rings. The maximum absolute atomic E-state index is 9.57. The monoisotopic (exact) mass is 321 g/mol. The number of hydrogen-bond donors (Lipinski definition) is 2. The van der Waals surface area contributed by atoms with Crippen LogP contribution in [0.25, 0.3) is 0 Å². The highest BCUT2D eigenvalue weighted by molar-refractivity contribution is 5.29. The van der Waals surface area contributed by atoms with E-state index in [0.717, 1.165) is 30.9 Å². The van der Waals surface area contributed by atoms with Crippen molar-refractivity contribution in [3.05, 3.63) is 83.9 Å². The van der Waals surface area contributed by atoms with Crippen LogP contribution in [0.5, 0.6) is 5.75 Å². The van der Waals surface area contributed by atoms with Crippen molar-refractivity contribution in [2.45, 2.75) is 25.9 Å². The number of nitrogens with zero attached hydrogens (tertiary/aromatic N) is 2. The summed E-state index contributed by atoms with van der Waals surface area (Å²) in [6.45, 7) is 3.78. The summed E-state index contributed by atoms with van der Waals surface area (Å²) >= 11 is 0. The maximum atomic E-state index is 9.57. The van der Waals surface area contributed by atoms with Crippen molar-refractivity contribution in [3.63, 3.8) is 0 Å². The molecule has 0 saturated heterocycles. The molecule has 0 fully saturated rings. The van der Waals surface area contributed by atoms with Gasteiger partial charge in [-0.3, -0.25) is 0 Å². The summed E-state index contributed by atoms with van der Waals surface area (Å²) in [5.74, 6) is 1.38. The Balaban J connectivity index is 1.55. The second-order valence-electron chi connectivity index (χ2n) is 5.98. The van der Waals surface area contributed by atoms with Crippen molar-refractivity contribution in [1.29, 1.82) is 0 Å². The molecule has 3 rings (SSSR count). The van der Waals surface area contributed by atoms with Gasteiger partial charge in [0.25, 0.3) is 0 Å². The van der Waals surface area contributed by atoms with Crippen molar-refractivity contribution in [1.82, 2.24) is 14.9 Å². The molecule has 3 aromatic rings. The lowest BCUT2D eigenvalue weighted by Gasteiger charge is -2.15.